The van der Waals surface area contributed by atoms with Crippen LogP contribution in [0.2, 0.25) is 0 Å². The van der Waals surface area contributed by atoms with Crippen LogP contribution >= 0.6 is 0 Å². The van der Waals surface area contributed by atoms with Gasteiger partial charge in [0.25, 0.3) is 0 Å². The lowest BCUT2D eigenvalue weighted by atomic mass is 10.0. The summed E-state index contributed by atoms with van der Waals surface area (Å²) in [6.07, 6.45) is 2.78. The monoisotopic (exact) mass is 243 g/mol. The van der Waals surface area contributed by atoms with Crippen LogP contribution in [0.3, 0.4) is 0 Å². The highest BCUT2D eigenvalue weighted by Gasteiger charge is 2.19. The van der Waals surface area contributed by atoms with Crippen molar-refractivity contribution in [1.82, 2.24) is 14.8 Å². The molecule has 0 fully saturated rings. The number of benzene rings is 1. The number of fused-ring (bicyclic) bond motifs is 1. The maximum atomic E-state index is 9.75. The Morgan fingerprint density at radius 3 is 3.06 bits per heavy atom. The van der Waals surface area contributed by atoms with Crippen LogP contribution in [0.4, 0.5) is 0 Å². The van der Waals surface area contributed by atoms with Crippen molar-refractivity contribution >= 4 is 0 Å². The van der Waals surface area contributed by atoms with Crippen molar-refractivity contribution in [1.29, 1.82) is 0 Å². The Kier molecular flexibility index (Phi) is 2.78. The number of hydrogen-bond donors (Lipinski definition) is 1. The fourth-order valence-corrected chi connectivity index (χ4v) is 2.42. The molecule has 0 amide bonds. The number of aromatic hydroxyl groups is 1. The van der Waals surface area contributed by atoms with Gasteiger partial charge in [-0.3, -0.25) is 0 Å². The maximum absolute atomic E-state index is 9.75. The summed E-state index contributed by atoms with van der Waals surface area (Å²) in [7, 11) is 0. The second-order valence-corrected chi connectivity index (χ2v) is 5.07. The number of nitrogens with zero attached hydrogens (tertiary/aromatic N) is 3. The molecule has 1 N–H and O–H groups in total. The van der Waals surface area contributed by atoms with Gasteiger partial charge in [-0.25, -0.2) is 9.67 Å². The van der Waals surface area contributed by atoms with Crippen molar-refractivity contribution in [2.45, 2.75) is 32.7 Å². The van der Waals surface area contributed by atoms with E-state index in [1.54, 1.807) is 6.07 Å². The fourth-order valence-electron chi connectivity index (χ4n) is 2.42. The van der Waals surface area contributed by atoms with E-state index in [2.05, 4.69) is 17.0 Å². The fraction of sp³-hybridized carbons (Fsp3) is 0.429. The van der Waals surface area contributed by atoms with Crippen LogP contribution in [-0.2, 0) is 19.4 Å². The van der Waals surface area contributed by atoms with Gasteiger partial charge in [-0.1, -0.05) is 25.1 Å². The highest BCUT2D eigenvalue weighted by atomic mass is 16.3. The van der Waals surface area contributed by atoms with Crippen molar-refractivity contribution in [3.63, 3.8) is 0 Å². The quantitative estimate of drug-likeness (QED) is 0.879. The number of phenols is 1. The van der Waals surface area contributed by atoms with Crippen molar-refractivity contribution in [2.75, 3.05) is 0 Å². The zero-order valence-corrected chi connectivity index (χ0v) is 10.5. The summed E-state index contributed by atoms with van der Waals surface area (Å²) in [5, 5.41) is 14.3. The molecule has 0 radical (unpaired) electrons. The van der Waals surface area contributed by atoms with Gasteiger partial charge in [0.2, 0.25) is 0 Å². The van der Waals surface area contributed by atoms with Crippen LogP contribution in [0.15, 0.2) is 24.3 Å². The van der Waals surface area contributed by atoms with Gasteiger partial charge in [0.1, 0.15) is 11.6 Å². The summed E-state index contributed by atoms with van der Waals surface area (Å²) in [6, 6.07) is 7.37. The van der Waals surface area contributed by atoms with Crippen molar-refractivity contribution in [3.8, 4) is 5.75 Å². The Labute approximate surface area is 106 Å². The van der Waals surface area contributed by atoms with E-state index < -0.39 is 0 Å². The van der Waals surface area contributed by atoms with Crippen LogP contribution in [0.5, 0.6) is 5.75 Å². The van der Waals surface area contributed by atoms with Gasteiger partial charge in [0.15, 0.2) is 5.82 Å². The minimum Gasteiger partial charge on any atom is -0.508 e. The Morgan fingerprint density at radius 1 is 1.39 bits per heavy atom. The molecule has 1 aliphatic rings. The summed E-state index contributed by atoms with van der Waals surface area (Å²) in [4.78, 5) is 4.58. The summed E-state index contributed by atoms with van der Waals surface area (Å²) < 4.78 is 2.01. The highest BCUT2D eigenvalue weighted by Crippen LogP contribution is 2.21. The molecule has 0 aliphatic carbocycles. The Morgan fingerprint density at radius 2 is 2.22 bits per heavy atom. The molecule has 0 saturated carbocycles. The normalized spacial score (nSPS) is 18.6. The first-order chi connectivity index (χ1) is 8.72. The third-order valence-electron chi connectivity index (χ3n) is 3.50. The topological polar surface area (TPSA) is 50.9 Å². The molecule has 2 heterocycles. The van der Waals surface area contributed by atoms with Crippen LogP contribution in [0, 0.1) is 5.92 Å². The Hall–Kier alpha value is -1.84. The molecule has 1 atom stereocenters. The molecule has 1 unspecified atom stereocenters. The zero-order chi connectivity index (χ0) is 12.5. The van der Waals surface area contributed by atoms with Crippen LogP contribution in [-0.4, -0.2) is 19.9 Å². The van der Waals surface area contributed by atoms with Crippen LogP contribution < -0.4 is 0 Å². The van der Waals surface area contributed by atoms with Gasteiger partial charge in [-0.15, -0.1) is 0 Å². The molecule has 3 rings (SSSR count). The molecular formula is C14H17N3O. The van der Waals surface area contributed by atoms with E-state index in [9.17, 15) is 5.11 Å². The number of para-hydroxylation sites is 1. The highest BCUT2D eigenvalue weighted by molar-refractivity contribution is 5.33. The molecule has 4 nitrogen and oxygen atoms in total. The molecule has 1 aromatic carbocycles. The van der Waals surface area contributed by atoms with E-state index in [0.717, 1.165) is 30.2 Å². The molecule has 4 heteroatoms. The number of rotatable bonds is 2. The van der Waals surface area contributed by atoms with E-state index in [0.29, 0.717) is 18.1 Å². The van der Waals surface area contributed by atoms with E-state index in [-0.39, 0.29) is 0 Å². The lowest BCUT2D eigenvalue weighted by Crippen LogP contribution is -2.18. The molecule has 18 heavy (non-hydrogen) atoms. The Balaban J connectivity index is 1.84. The molecule has 1 aliphatic heterocycles. The zero-order valence-electron chi connectivity index (χ0n) is 10.5. The van der Waals surface area contributed by atoms with Crippen molar-refractivity contribution in [3.05, 3.63) is 41.5 Å². The van der Waals surface area contributed by atoms with E-state index in [1.807, 2.05) is 22.9 Å². The first kappa shape index (κ1) is 11.3. The average Bonchev–Trinajstić information content (AvgIpc) is 2.73. The minimum absolute atomic E-state index is 0.318. The van der Waals surface area contributed by atoms with Gasteiger partial charge in [-0.2, -0.15) is 5.10 Å². The van der Waals surface area contributed by atoms with Crippen molar-refractivity contribution < 1.29 is 5.11 Å². The van der Waals surface area contributed by atoms with Crippen LogP contribution in [0.1, 0.15) is 30.6 Å². The smallest absolute Gasteiger partial charge is 0.155 e. The predicted molar refractivity (Wildman–Crippen MR) is 68.4 cm³/mol. The van der Waals surface area contributed by atoms with Crippen LogP contribution in [0.25, 0.3) is 0 Å². The van der Waals surface area contributed by atoms with E-state index in [1.165, 1.54) is 6.42 Å². The molecule has 0 spiro atoms. The average molecular weight is 243 g/mol. The molecule has 94 valence electrons. The summed E-state index contributed by atoms with van der Waals surface area (Å²) >= 11 is 0. The lowest BCUT2D eigenvalue weighted by molar-refractivity contribution is 0.385. The third-order valence-corrected chi connectivity index (χ3v) is 3.50. The lowest BCUT2D eigenvalue weighted by Gasteiger charge is -2.17. The minimum atomic E-state index is 0.318. The van der Waals surface area contributed by atoms with Crippen molar-refractivity contribution in [2.24, 2.45) is 5.92 Å². The summed E-state index contributed by atoms with van der Waals surface area (Å²) in [5.74, 6) is 2.90. The SMILES string of the molecule is CC1CCn2nc(Cc3ccccc3O)nc2C1. The first-order valence-corrected chi connectivity index (χ1v) is 6.42. The standard InChI is InChI=1S/C14H17N3O/c1-10-6-7-17-14(8-10)15-13(16-17)9-11-4-2-3-5-12(11)18/h2-5,10,18H,6-9H2,1H3. The second kappa shape index (κ2) is 4.44. The number of aryl methyl sites for hydroxylation is 1. The summed E-state index contributed by atoms with van der Waals surface area (Å²) in [6.45, 7) is 3.21. The maximum Gasteiger partial charge on any atom is 0.155 e. The van der Waals surface area contributed by atoms with Gasteiger partial charge < -0.3 is 5.11 Å². The Bertz CT molecular complexity index is 562. The van der Waals surface area contributed by atoms with Gasteiger partial charge in [-0.05, 0) is 18.4 Å². The molecule has 0 bridgehead atoms. The third kappa shape index (κ3) is 2.10. The molecular weight excluding hydrogens is 226 g/mol. The number of aromatic nitrogens is 3. The largest absolute Gasteiger partial charge is 0.508 e. The van der Waals surface area contributed by atoms with E-state index >= 15 is 0 Å². The van der Waals surface area contributed by atoms with E-state index in [4.69, 9.17) is 0 Å². The molecule has 0 saturated heterocycles. The molecule has 1 aromatic heterocycles. The van der Waals surface area contributed by atoms with Gasteiger partial charge >= 0.3 is 0 Å². The molecule has 2 aromatic rings. The summed E-state index contributed by atoms with van der Waals surface area (Å²) in [5.41, 5.74) is 0.883. The van der Waals surface area contributed by atoms with Gasteiger partial charge in [0.05, 0.1) is 0 Å². The first-order valence-electron chi connectivity index (χ1n) is 6.42. The second-order valence-electron chi connectivity index (χ2n) is 5.07. The van der Waals surface area contributed by atoms with Gasteiger partial charge in [0, 0.05) is 24.9 Å². The number of hydrogen-bond acceptors (Lipinski definition) is 3. The number of phenolic OH excluding ortho intramolecular Hbond substituents is 1. The predicted octanol–water partition coefficient (Wildman–Crippen LogP) is 2.16.